The van der Waals surface area contributed by atoms with Crippen LogP contribution in [0.4, 0.5) is 0 Å². The van der Waals surface area contributed by atoms with Crippen LogP contribution in [-0.4, -0.2) is 23.9 Å². The van der Waals surface area contributed by atoms with E-state index in [9.17, 15) is 21.0 Å². The molecule has 0 saturated carbocycles. The van der Waals surface area contributed by atoms with Crippen LogP contribution in [0.3, 0.4) is 0 Å². The van der Waals surface area contributed by atoms with Gasteiger partial charge in [-0.1, -0.05) is 192 Å². The molecule has 0 amide bonds. The van der Waals surface area contributed by atoms with Crippen LogP contribution in [0.15, 0.2) is 267 Å². The summed E-state index contributed by atoms with van der Waals surface area (Å²) in [4.78, 5) is 61.3. The summed E-state index contributed by atoms with van der Waals surface area (Å²) in [7, 11) is 0. The van der Waals surface area contributed by atoms with Gasteiger partial charge in [0.25, 0.3) is 0 Å². The Morgan fingerprint density at radius 2 is 0.417 bits per heavy atom. The van der Waals surface area contributed by atoms with Crippen LogP contribution in [0, 0.1) is 73.0 Å². The van der Waals surface area contributed by atoms with Gasteiger partial charge in [-0.05, 0) is 194 Å². The molecule has 12 heteroatoms. The molecule has 1 aliphatic carbocycles. The predicted molar refractivity (Wildman–Crippen MR) is 421 cm³/mol. The molecule has 0 atom stereocenters. The van der Waals surface area contributed by atoms with Crippen LogP contribution >= 0.6 is 0 Å². The normalized spacial score (nSPS) is 12.1. The molecule has 1 aliphatic rings. The zero-order valence-corrected chi connectivity index (χ0v) is 59.6. The molecule has 0 saturated heterocycles. The molecule has 0 aliphatic heterocycles. The summed E-state index contributed by atoms with van der Waals surface area (Å²) in [6.45, 7) is 7.60. The topological polar surface area (TPSA) is 200 Å². The van der Waals surface area contributed by atoms with Crippen molar-refractivity contribution in [2.75, 3.05) is 0 Å². The Hall–Kier alpha value is -14.6. The Morgan fingerprint density at radius 1 is 0.250 bits per heavy atom. The van der Waals surface area contributed by atoms with Crippen LogP contribution in [-0.2, 0) is 25.7 Å². The summed E-state index contributed by atoms with van der Waals surface area (Å²) in [6, 6.07) is 88.7. The van der Waals surface area contributed by atoms with Crippen molar-refractivity contribution in [2.24, 2.45) is 0 Å². The maximum Gasteiger partial charge on any atom is 0.343 e. The number of hydrogen-bond donors (Lipinski definition) is 0. The van der Waals surface area contributed by atoms with E-state index in [1.165, 1.54) is 0 Å². The van der Waals surface area contributed by atoms with Gasteiger partial charge in [0, 0.05) is 70.2 Å². The molecule has 108 heavy (non-hydrogen) atoms. The molecular weight excluding hydrogens is 1340 g/mol. The van der Waals surface area contributed by atoms with Gasteiger partial charge in [-0.2, -0.15) is 21.0 Å². The van der Waals surface area contributed by atoms with E-state index in [0.29, 0.717) is 89.0 Å². The largest absolute Gasteiger partial charge is 0.422 e. The number of carbonyl (C=O) groups is 4. The molecule has 0 spiro atoms. The second kappa shape index (κ2) is 32.8. The molecule has 0 N–H and O–H groups in total. The van der Waals surface area contributed by atoms with E-state index in [0.717, 1.165) is 22.3 Å². The van der Waals surface area contributed by atoms with Crippen molar-refractivity contribution < 1.29 is 38.1 Å². The molecule has 12 aromatic rings. The van der Waals surface area contributed by atoms with E-state index >= 15 is 19.2 Å². The van der Waals surface area contributed by atoms with E-state index in [4.69, 9.17) is 18.9 Å². The number of carbonyl (C=O) groups excluding carboxylic acids is 4. The minimum Gasteiger partial charge on any atom is -0.422 e. The first-order chi connectivity index (χ1) is 52.5. The Morgan fingerprint density at radius 3 is 0.574 bits per heavy atom. The predicted octanol–water partition coefficient (Wildman–Crippen LogP) is 20.7. The number of nitriles is 4. The lowest BCUT2D eigenvalue weighted by atomic mass is 9.86. The zero-order chi connectivity index (χ0) is 75.2. The lowest BCUT2D eigenvalue weighted by molar-refractivity contribution is 0.0722. The van der Waals surface area contributed by atoms with E-state index < -0.39 is 23.9 Å². The van der Waals surface area contributed by atoms with Gasteiger partial charge in [0.05, 0.1) is 68.8 Å². The van der Waals surface area contributed by atoms with Gasteiger partial charge in [-0.25, -0.2) is 19.2 Å². The monoisotopic (exact) mass is 1400 g/mol. The SMILES string of the molecule is Cc1ccc(C(=O)Oc2c3cc(/C(C#N)=C/c4ccccc4)cc2Cc2cc(/C(C#N)=C/c4ccccc4)cc(c2OC(=O)c2ccc(C)cc2)Cc2cc(/C(C#N)=C\c4ccccc4)cc(c2OC(=O)c2ccc(C)cc2)Cc2cc(/C(C#N)=C/c4ccccc4)cc(c2OC(=O)c2ccc(C)cc2)C3)cc1. The minimum absolute atomic E-state index is 0.0222. The van der Waals surface area contributed by atoms with Crippen LogP contribution in [0.2, 0.25) is 0 Å². The first-order valence-electron chi connectivity index (χ1n) is 35.0. The lowest BCUT2D eigenvalue weighted by Gasteiger charge is -2.24. The average molecular weight is 1410 g/mol. The van der Waals surface area contributed by atoms with Crippen molar-refractivity contribution in [3.8, 4) is 47.3 Å². The van der Waals surface area contributed by atoms with Crippen molar-refractivity contribution in [3.63, 3.8) is 0 Å². The first-order valence-corrected chi connectivity index (χ1v) is 35.0. The van der Waals surface area contributed by atoms with Gasteiger partial charge >= 0.3 is 23.9 Å². The van der Waals surface area contributed by atoms with E-state index in [1.807, 2.05) is 149 Å². The van der Waals surface area contributed by atoms with Gasteiger partial charge in [0.1, 0.15) is 23.0 Å². The molecule has 12 nitrogen and oxygen atoms in total. The smallest absolute Gasteiger partial charge is 0.343 e. The van der Waals surface area contributed by atoms with Crippen molar-refractivity contribution >= 4 is 70.5 Å². The summed E-state index contributed by atoms with van der Waals surface area (Å²) >= 11 is 0. The number of hydrogen-bond acceptors (Lipinski definition) is 12. The molecule has 0 fully saturated rings. The highest BCUT2D eigenvalue weighted by molar-refractivity contribution is 5.98. The number of benzene rings is 12. The summed E-state index contributed by atoms with van der Waals surface area (Å²) in [6.07, 6.45) is 5.98. The number of rotatable bonds is 16. The fourth-order valence-corrected chi connectivity index (χ4v) is 13.0. The lowest BCUT2D eigenvalue weighted by Crippen LogP contribution is -2.16. The quantitative estimate of drug-likeness (QED) is 0.0384. The maximum absolute atomic E-state index is 15.3. The fraction of sp³-hybridized carbons (Fsp3) is 0.0833. The molecule has 13 rings (SSSR count). The van der Waals surface area contributed by atoms with E-state index in [2.05, 4.69) is 24.3 Å². The highest BCUT2D eigenvalue weighted by Crippen LogP contribution is 2.45. The average Bonchev–Trinajstić information content (AvgIpc) is 0.761. The molecule has 0 radical (unpaired) electrons. The van der Waals surface area contributed by atoms with Crippen molar-refractivity contribution in [2.45, 2.75) is 53.4 Å². The summed E-state index contributed by atoms with van der Waals surface area (Å²) in [5.74, 6) is -2.93. The van der Waals surface area contributed by atoms with Gasteiger partial charge in [-0.3, -0.25) is 0 Å². The third-order valence-corrected chi connectivity index (χ3v) is 18.6. The highest BCUT2D eigenvalue weighted by atomic mass is 16.5. The highest BCUT2D eigenvalue weighted by Gasteiger charge is 2.30. The van der Waals surface area contributed by atoms with Gasteiger partial charge < -0.3 is 18.9 Å². The fourth-order valence-electron chi connectivity index (χ4n) is 13.0. The van der Waals surface area contributed by atoms with Crippen LogP contribution in [0.25, 0.3) is 46.6 Å². The zero-order valence-electron chi connectivity index (χ0n) is 59.6. The van der Waals surface area contributed by atoms with E-state index in [-0.39, 0.29) is 93.2 Å². The van der Waals surface area contributed by atoms with E-state index in [1.54, 1.807) is 170 Å². The Balaban J connectivity index is 1.21. The minimum atomic E-state index is -0.754. The number of aryl methyl sites for hydroxylation is 4. The maximum atomic E-state index is 15.3. The third kappa shape index (κ3) is 17.1. The van der Waals surface area contributed by atoms with Gasteiger partial charge in [0.2, 0.25) is 0 Å². The molecule has 0 heterocycles. The van der Waals surface area contributed by atoms with Crippen molar-refractivity contribution in [1.82, 2.24) is 0 Å². The summed E-state index contributed by atoms with van der Waals surface area (Å²) in [5, 5.41) is 46.0. The van der Waals surface area contributed by atoms with Crippen LogP contribution in [0.1, 0.15) is 153 Å². The standard InChI is InChI=1S/C96H68N4O8/c1-61-25-33-69(34-26-61)93(101)105-89-77-45-73(85(57-97)41-65-17-9-5-10-18-65)46-78(89)54-80-48-75(87(59-99)43-67-21-13-7-14-22-67)50-82(91(80)107-95(103)71-37-29-63(3)30-38-71)56-84-52-76(88(60-100)44-68-23-15-8-16-24-68)51-83(92(84)108-96(104)72-39-31-64(4)32-40-72)55-81-49-74(86(58-98)42-66-19-11-6-12-20-66)47-79(53-77)90(81)106-94(102)70-35-27-62(2)28-36-70/h5-52H,53-56H2,1-4H3/b85-41-,86-42+,87-43+,88-44+. The number of allylic oxidation sites excluding steroid dienone is 4. The van der Waals surface area contributed by atoms with Crippen molar-refractivity contribution in [3.05, 3.63) is 400 Å². The van der Waals surface area contributed by atoms with Crippen LogP contribution < -0.4 is 18.9 Å². The van der Waals surface area contributed by atoms with Crippen molar-refractivity contribution in [1.29, 1.82) is 21.0 Å². The van der Waals surface area contributed by atoms with Crippen LogP contribution in [0.5, 0.6) is 23.0 Å². The molecular formula is C96H68N4O8. The Labute approximate surface area is 627 Å². The first kappa shape index (κ1) is 71.8. The third-order valence-electron chi connectivity index (χ3n) is 18.6. The van der Waals surface area contributed by atoms with Gasteiger partial charge in [-0.15, -0.1) is 0 Å². The second-order valence-corrected chi connectivity index (χ2v) is 26.5. The number of nitrogens with zero attached hydrogens (tertiary/aromatic N) is 4. The summed E-state index contributed by atoms with van der Waals surface area (Å²) in [5.41, 5.74) is 11.8. The molecule has 12 aromatic carbocycles. The number of ether oxygens (including phenoxy) is 4. The number of fused-ring (bicyclic) bond motifs is 8. The molecule has 0 aromatic heterocycles. The molecule has 8 bridgehead atoms. The Kier molecular flexibility index (Phi) is 21.8. The summed E-state index contributed by atoms with van der Waals surface area (Å²) < 4.78 is 27.6. The molecule has 520 valence electrons. The molecule has 0 unspecified atom stereocenters. The van der Waals surface area contributed by atoms with Gasteiger partial charge in [0.15, 0.2) is 0 Å². The Bertz CT molecular complexity index is 4980. The number of esters is 4. The second-order valence-electron chi connectivity index (χ2n) is 26.5.